The average Bonchev–Trinajstić information content (AvgIpc) is 3.29. The summed E-state index contributed by atoms with van der Waals surface area (Å²) in [6.07, 6.45) is 0. The van der Waals surface area contributed by atoms with E-state index in [2.05, 4.69) is 41.1 Å². The number of aromatic nitrogens is 1. The summed E-state index contributed by atoms with van der Waals surface area (Å²) in [6, 6.07) is 21.3. The number of nitrogens with one attached hydrogen (secondary N) is 1. The van der Waals surface area contributed by atoms with Gasteiger partial charge in [-0.15, -0.1) is 0 Å². The highest BCUT2D eigenvalue weighted by Gasteiger charge is 2.09. The number of para-hydroxylation sites is 1. The molecule has 0 spiro atoms. The molecule has 0 unspecified atom stereocenters. The van der Waals surface area contributed by atoms with E-state index in [0.717, 1.165) is 28.0 Å². The van der Waals surface area contributed by atoms with Crippen LogP contribution in [0, 0.1) is 13.8 Å². The van der Waals surface area contributed by atoms with Gasteiger partial charge < -0.3 is 8.98 Å². The van der Waals surface area contributed by atoms with Crippen molar-refractivity contribution in [3.63, 3.8) is 0 Å². The first kappa shape index (κ1) is 17.8. The fourth-order valence-corrected chi connectivity index (χ4v) is 3.25. The Labute approximate surface area is 163 Å². The zero-order valence-corrected chi connectivity index (χ0v) is 16.1. The normalized spacial score (nSPS) is 11.8. The SMILES string of the molecule is CC(=NNC(=O)c1ccc(-n2c(C)ccc2C)cc1)c1cc2ccccc2o1. The lowest BCUT2D eigenvalue weighted by molar-refractivity contribution is 0.0955. The first-order chi connectivity index (χ1) is 13.5. The van der Waals surface area contributed by atoms with Crippen LogP contribution >= 0.6 is 0 Å². The minimum absolute atomic E-state index is 0.261. The molecular formula is C23H21N3O2. The monoisotopic (exact) mass is 371 g/mol. The van der Waals surface area contributed by atoms with Gasteiger partial charge in [0.25, 0.3) is 5.91 Å². The molecule has 0 bridgehead atoms. The lowest BCUT2D eigenvalue weighted by Gasteiger charge is -2.10. The molecule has 28 heavy (non-hydrogen) atoms. The van der Waals surface area contributed by atoms with E-state index in [1.807, 2.05) is 42.5 Å². The van der Waals surface area contributed by atoms with Gasteiger partial charge >= 0.3 is 0 Å². The predicted molar refractivity (Wildman–Crippen MR) is 111 cm³/mol. The van der Waals surface area contributed by atoms with E-state index >= 15 is 0 Å². The maximum absolute atomic E-state index is 12.4. The van der Waals surface area contributed by atoms with E-state index in [1.54, 1.807) is 19.1 Å². The molecule has 0 atom stereocenters. The molecule has 0 saturated heterocycles. The summed E-state index contributed by atoms with van der Waals surface area (Å²) in [6.45, 7) is 5.92. The smallest absolute Gasteiger partial charge is 0.271 e. The van der Waals surface area contributed by atoms with Crippen molar-refractivity contribution in [1.29, 1.82) is 0 Å². The van der Waals surface area contributed by atoms with Crippen molar-refractivity contribution in [3.8, 4) is 5.69 Å². The summed E-state index contributed by atoms with van der Waals surface area (Å²) in [5.74, 6) is 0.373. The molecule has 0 saturated carbocycles. The molecule has 5 nitrogen and oxygen atoms in total. The predicted octanol–water partition coefficient (Wildman–Crippen LogP) is 4.99. The van der Waals surface area contributed by atoms with Gasteiger partial charge in [-0.25, -0.2) is 5.43 Å². The van der Waals surface area contributed by atoms with Crippen LogP contribution in [0.2, 0.25) is 0 Å². The van der Waals surface area contributed by atoms with Gasteiger partial charge in [0.1, 0.15) is 11.3 Å². The third-order valence-electron chi connectivity index (χ3n) is 4.77. The van der Waals surface area contributed by atoms with Crippen molar-refractivity contribution in [2.45, 2.75) is 20.8 Å². The molecule has 2 heterocycles. The molecule has 1 amide bonds. The van der Waals surface area contributed by atoms with Crippen LogP contribution in [-0.4, -0.2) is 16.2 Å². The summed E-state index contributed by atoms with van der Waals surface area (Å²) < 4.78 is 7.91. The highest BCUT2D eigenvalue weighted by atomic mass is 16.3. The van der Waals surface area contributed by atoms with E-state index in [4.69, 9.17) is 4.42 Å². The second-order valence-electron chi connectivity index (χ2n) is 6.78. The Morgan fingerprint density at radius 3 is 2.32 bits per heavy atom. The average molecular weight is 371 g/mol. The van der Waals surface area contributed by atoms with Gasteiger partial charge in [0.15, 0.2) is 5.76 Å². The highest BCUT2D eigenvalue weighted by molar-refractivity contribution is 6.01. The Bertz CT molecular complexity index is 1130. The maximum Gasteiger partial charge on any atom is 0.271 e. The summed E-state index contributed by atoms with van der Waals surface area (Å²) in [5, 5.41) is 5.19. The zero-order valence-electron chi connectivity index (χ0n) is 16.1. The van der Waals surface area contributed by atoms with E-state index in [0.29, 0.717) is 17.0 Å². The van der Waals surface area contributed by atoms with Crippen LogP contribution in [0.1, 0.15) is 34.4 Å². The lowest BCUT2D eigenvalue weighted by atomic mass is 10.2. The van der Waals surface area contributed by atoms with Crippen molar-refractivity contribution < 1.29 is 9.21 Å². The topological polar surface area (TPSA) is 59.5 Å². The molecule has 4 rings (SSSR count). The number of aryl methyl sites for hydroxylation is 2. The lowest BCUT2D eigenvalue weighted by Crippen LogP contribution is -2.19. The van der Waals surface area contributed by atoms with Crippen LogP contribution in [0.3, 0.4) is 0 Å². The number of hydrogen-bond donors (Lipinski definition) is 1. The molecule has 5 heteroatoms. The molecule has 0 aliphatic carbocycles. The van der Waals surface area contributed by atoms with Crippen LogP contribution in [0.15, 0.2) is 76.2 Å². The summed E-state index contributed by atoms with van der Waals surface area (Å²) in [4.78, 5) is 12.4. The number of amides is 1. The molecule has 4 aromatic rings. The van der Waals surface area contributed by atoms with Crippen LogP contribution in [0.25, 0.3) is 16.7 Å². The van der Waals surface area contributed by atoms with Crippen molar-refractivity contribution in [1.82, 2.24) is 9.99 Å². The van der Waals surface area contributed by atoms with Crippen molar-refractivity contribution in [2.24, 2.45) is 5.10 Å². The fraction of sp³-hybridized carbons (Fsp3) is 0.130. The third-order valence-corrected chi connectivity index (χ3v) is 4.77. The molecule has 0 aliphatic heterocycles. The minimum atomic E-state index is -0.261. The van der Waals surface area contributed by atoms with Crippen LogP contribution in [-0.2, 0) is 0 Å². The highest BCUT2D eigenvalue weighted by Crippen LogP contribution is 2.19. The van der Waals surface area contributed by atoms with E-state index < -0.39 is 0 Å². The Morgan fingerprint density at radius 1 is 0.964 bits per heavy atom. The van der Waals surface area contributed by atoms with Crippen LogP contribution in [0.4, 0.5) is 0 Å². The molecule has 140 valence electrons. The van der Waals surface area contributed by atoms with Gasteiger partial charge in [0, 0.05) is 28.0 Å². The summed E-state index contributed by atoms with van der Waals surface area (Å²) in [7, 11) is 0. The van der Waals surface area contributed by atoms with Gasteiger partial charge in [-0.2, -0.15) is 5.10 Å². The van der Waals surface area contributed by atoms with E-state index in [-0.39, 0.29) is 5.91 Å². The number of benzene rings is 2. The van der Waals surface area contributed by atoms with Crippen LogP contribution < -0.4 is 5.43 Å². The van der Waals surface area contributed by atoms with Gasteiger partial charge in [0.2, 0.25) is 0 Å². The number of rotatable bonds is 4. The quantitative estimate of drug-likeness (QED) is 0.406. The molecule has 2 aromatic heterocycles. The first-order valence-corrected chi connectivity index (χ1v) is 9.12. The molecule has 0 radical (unpaired) electrons. The first-order valence-electron chi connectivity index (χ1n) is 9.12. The van der Waals surface area contributed by atoms with Crippen molar-refractivity contribution >= 4 is 22.6 Å². The van der Waals surface area contributed by atoms with Gasteiger partial charge in [-0.05, 0) is 69.3 Å². The number of nitrogens with zero attached hydrogens (tertiary/aromatic N) is 2. The van der Waals surface area contributed by atoms with E-state index in [9.17, 15) is 4.79 Å². The number of carbonyl (C=O) groups excluding carboxylic acids is 1. The largest absolute Gasteiger partial charge is 0.455 e. The second kappa shape index (κ2) is 7.19. The number of carbonyl (C=O) groups is 1. The zero-order chi connectivity index (χ0) is 19.7. The van der Waals surface area contributed by atoms with Crippen molar-refractivity contribution in [3.05, 3.63) is 89.4 Å². The number of hydrazone groups is 1. The molecule has 0 aliphatic rings. The molecular weight excluding hydrogens is 350 g/mol. The number of furan rings is 1. The van der Waals surface area contributed by atoms with Crippen LogP contribution in [0.5, 0.6) is 0 Å². The van der Waals surface area contributed by atoms with Gasteiger partial charge in [-0.1, -0.05) is 18.2 Å². The Morgan fingerprint density at radius 2 is 1.64 bits per heavy atom. The Balaban J connectivity index is 1.49. The standard InChI is InChI=1S/C23H21N3O2/c1-15-8-9-16(2)26(15)20-12-10-18(11-13-20)23(27)25-24-17(3)22-14-19-6-4-5-7-21(19)28-22/h4-14H,1-3H3,(H,25,27). The second-order valence-corrected chi connectivity index (χ2v) is 6.78. The third kappa shape index (κ3) is 3.34. The molecule has 0 fully saturated rings. The fourth-order valence-electron chi connectivity index (χ4n) is 3.25. The molecule has 2 aromatic carbocycles. The van der Waals surface area contributed by atoms with Gasteiger partial charge in [-0.3, -0.25) is 4.79 Å². The van der Waals surface area contributed by atoms with Gasteiger partial charge in [0.05, 0.1) is 0 Å². The van der Waals surface area contributed by atoms with Crippen molar-refractivity contribution in [2.75, 3.05) is 0 Å². The Hall–Kier alpha value is -3.60. The Kier molecular flexibility index (Phi) is 4.57. The molecule has 1 N–H and O–H groups in total. The summed E-state index contributed by atoms with van der Waals surface area (Å²) in [5.41, 5.74) is 7.89. The summed E-state index contributed by atoms with van der Waals surface area (Å²) >= 11 is 0. The maximum atomic E-state index is 12.4. The minimum Gasteiger partial charge on any atom is -0.455 e. The number of fused-ring (bicyclic) bond motifs is 1. The number of hydrogen-bond acceptors (Lipinski definition) is 3. The van der Waals surface area contributed by atoms with E-state index in [1.165, 1.54) is 0 Å².